The van der Waals surface area contributed by atoms with E-state index >= 15 is 0 Å². The van der Waals surface area contributed by atoms with E-state index in [1.165, 1.54) is 18.4 Å². The van der Waals surface area contributed by atoms with Crippen molar-refractivity contribution in [3.05, 3.63) is 9.75 Å². The molecule has 1 heterocycles. The van der Waals surface area contributed by atoms with Crippen LogP contribution in [-0.2, 0) is 4.74 Å². The molecule has 0 radical (unpaired) electrons. The Balaban J connectivity index is 3.18. The van der Waals surface area contributed by atoms with Crippen molar-refractivity contribution in [2.45, 2.75) is 32.6 Å². The number of nitrogen functional groups attached to an aromatic ring is 1. The molecule has 0 aliphatic heterocycles. The molecule has 0 aliphatic carbocycles. The van der Waals surface area contributed by atoms with Crippen LogP contribution in [0.5, 0.6) is 5.75 Å². The molecule has 90 valence electrons. The summed E-state index contributed by atoms with van der Waals surface area (Å²) < 4.78 is 4.59. The number of carbonyl (C=O) groups excluding carboxylic acids is 1. The predicted molar refractivity (Wildman–Crippen MR) is 65.1 cm³/mol. The van der Waals surface area contributed by atoms with Gasteiger partial charge in [0.05, 0.1) is 12.8 Å². The molecule has 1 aromatic rings. The molecule has 3 N–H and O–H groups in total. The van der Waals surface area contributed by atoms with Crippen molar-refractivity contribution in [2.75, 3.05) is 12.8 Å². The number of rotatable bonds is 4. The first-order valence-corrected chi connectivity index (χ1v) is 6.07. The van der Waals surface area contributed by atoms with Gasteiger partial charge in [0.2, 0.25) is 0 Å². The molecule has 16 heavy (non-hydrogen) atoms. The van der Waals surface area contributed by atoms with Gasteiger partial charge >= 0.3 is 5.97 Å². The minimum atomic E-state index is -0.536. The SMILES string of the molecule is CCC(CC)c1sc(C(=O)OC)c(O)c1N. The normalized spacial score (nSPS) is 10.8. The second kappa shape index (κ2) is 5.21. The molecule has 0 atom stereocenters. The molecule has 0 bridgehead atoms. The average Bonchev–Trinajstić information content (AvgIpc) is 2.58. The summed E-state index contributed by atoms with van der Waals surface area (Å²) in [6.07, 6.45) is 1.86. The standard InChI is InChI=1S/C11H17NO3S/c1-4-6(5-2)9-7(12)8(13)10(16-9)11(14)15-3/h6,13H,4-5,12H2,1-3H3. The largest absolute Gasteiger partial charge is 0.504 e. The van der Waals surface area contributed by atoms with E-state index in [4.69, 9.17) is 5.73 Å². The third-order valence-corrected chi connectivity index (χ3v) is 4.01. The van der Waals surface area contributed by atoms with E-state index in [2.05, 4.69) is 18.6 Å². The lowest BCUT2D eigenvalue weighted by Gasteiger charge is -2.10. The minimum absolute atomic E-state index is 0.140. The zero-order valence-electron chi connectivity index (χ0n) is 9.74. The van der Waals surface area contributed by atoms with Gasteiger partial charge < -0.3 is 15.6 Å². The smallest absolute Gasteiger partial charge is 0.351 e. The molecule has 0 aromatic carbocycles. The molecule has 0 unspecified atom stereocenters. The highest BCUT2D eigenvalue weighted by Gasteiger charge is 2.24. The molecule has 0 amide bonds. The number of esters is 1. The van der Waals surface area contributed by atoms with Crippen LogP contribution in [0, 0.1) is 0 Å². The highest BCUT2D eigenvalue weighted by atomic mass is 32.1. The van der Waals surface area contributed by atoms with Gasteiger partial charge in [-0.15, -0.1) is 11.3 Å². The summed E-state index contributed by atoms with van der Waals surface area (Å²) in [5.74, 6) is -0.389. The van der Waals surface area contributed by atoms with Crippen LogP contribution in [0.4, 0.5) is 5.69 Å². The highest BCUT2D eigenvalue weighted by molar-refractivity contribution is 7.15. The number of anilines is 1. The van der Waals surface area contributed by atoms with E-state index in [1.807, 2.05) is 0 Å². The molecular formula is C11H17NO3S. The molecule has 0 saturated carbocycles. The molecule has 4 nitrogen and oxygen atoms in total. The second-order valence-corrected chi connectivity index (χ2v) is 4.61. The van der Waals surface area contributed by atoms with Crippen molar-refractivity contribution in [1.82, 2.24) is 0 Å². The Bertz CT molecular complexity index is 383. The van der Waals surface area contributed by atoms with Gasteiger partial charge in [-0.2, -0.15) is 0 Å². The Hall–Kier alpha value is -1.23. The lowest BCUT2D eigenvalue weighted by molar-refractivity contribution is 0.0603. The fourth-order valence-corrected chi connectivity index (χ4v) is 2.95. The van der Waals surface area contributed by atoms with Crippen molar-refractivity contribution < 1.29 is 14.6 Å². The van der Waals surface area contributed by atoms with Crippen LogP contribution >= 0.6 is 11.3 Å². The zero-order chi connectivity index (χ0) is 12.3. The van der Waals surface area contributed by atoms with E-state index in [-0.39, 0.29) is 16.5 Å². The molecule has 1 aromatic heterocycles. The maximum absolute atomic E-state index is 11.4. The topological polar surface area (TPSA) is 72.5 Å². The van der Waals surface area contributed by atoms with Crippen LogP contribution in [-0.4, -0.2) is 18.2 Å². The van der Waals surface area contributed by atoms with Crippen molar-refractivity contribution >= 4 is 23.0 Å². The lowest BCUT2D eigenvalue weighted by atomic mass is 10.0. The van der Waals surface area contributed by atoms with Crippen LogP contribution in [0.1, 0.15) is 47.2 Å². The fourth-order valence-electron chi connectivity index (χ4n) is 1.65. The molecular weight excluding hydrogens is 226 g/mol. The number of ether oxygens (including phenoxy) is 1. The Kier molecular flexibility index (Phi) is 4.18. The predicted octanol–water partition coefficient (Wildman–Crippen LogP) is 2.73. The summed E-state index contributed by atoms with van der Waals surface area (Å²) in [5.41, 5.74) is 6.12. The maximum atomic E-state index is 11.4. The number of hydrogen-bond donors (Lipinski definition) is 2. The van der Waals surface area contributed by atoms with Crippen LogP contribution in [0.15, 0.2) is 0 Å². The van der Waals surface area contributed by atoms with Gasteiger partial charge in [-0.05, 0) is 18.8 Å². The van der Waals surface area contributed by atoms with Gasteiger partial charge in [0, 0.05) is 4.88 Å². The summed E-state index contributed by atoms with van der Waals surface area (Å²) in [7, 11) is 1.29. The molecule has 5 heteroatoms. The highest BCUT2D eigenvalue weighted by Crippen LogP contribution is 2.43. The van der Waals surface area contributed by atoms with Gasteiger partial charge in [-0.3, -0.25) is 0 Å². The molecule has 0 spiro atoms. The first kappa shape index (κ1) is 12.8. The van der Waals surface area contributed by atoms with E-state index < -0.39 is 5.97 Å². The van der Waals surface area contributed by atoms with Gasteiger partial charge in [-0.25, -0.2) is 4.79 Å². The average molecular weight is 243 g/mol. The van der Waals surface area contributed by atoms with E-state index in [9.17, 15) is 9.90 Å². The van der Waals surface area contributed by atoms with Crippen LogP contribution < -0.4 is 5.73 Å². The minimum Gasteiger partial charge on any atom is -0.504 e. The van der Waals surface area contributed by atoms with Crippen LogP contribution in [0.25, 0.3) is 0 Å². The van der Waals surface area contributed by atoms with Crippen molar-refractivity contribution in [3.8, 4) is 5.75 Å². The van der Waals surface area contributed by atoms with Crippen LogP contribution in [0.2, 0.25) is 0 Å². The van der Waals surface area contributed by atoms with Crippen molar-refractivity contribution in [1.29, 1.82) is 0 Å². The first-order chi connectivity index (χ1) is 7.56. The monoisotopic (exact) mass is 243 g/mol. The Morgan fingerprint density at radius 2 is 2.06 bits per heavy atom. The molecule has 0 fully saturated rings. The summed E-state index contributed by atoms with van der Waals surface area (Å²) in [6.45, 7) is 4.12. The van der Waals surface area contributed by atoms with Gasteiger partial charge in [0.15, 0.2) is 10.6 Å². The third kappa shape index (κ3) is 2.14. The van der Waals surface area contributed by atoms with Crippen LogP contribution in [0.3, 0.4) is 0 Å². The molecule has 0 saturated heterocycles. The van der Waals surface area contributed by atoms with Crippen molar-refractivity contribution in [2.24, 2.45) is 0 Å². The number of carbonyl (C=O) groups is 1. The first-order valence-electron chi connectivity index (χ1n) is 5.26. The second-order valence-electron chi connectivity index (χ2n) is 3.56. The van der Waals surface area contributed by atoms with E-state index in [0.29, 0.717) is 5.69 Å². The Labute approximate surface area is 99.0 Å². The maximum Gasteiger partial charge on any atom is 0.351 e. The molecule has 1 rings (SSSR count). The van der Waals surface area contributed by atoms with Gasteiger partial charge in [-0.1, -0.05) is 13.8 Å². The van der Waals surface area contributed by atoms with Gasteiger partial charge in [0.25, 0.3) is 0 Å². The summed E-state index contributed by atoms with van der Waals surface area (Å²) in [6, 6.07) is 0. The summed E-state index contributed by atoms with van der Waals surface area (Å²) in [5, 5.41) is 9.74. The zero-order valence-corrected chi connectivity index (χ0v) is 10.6. The van der Waals surface area contributed by atoms with Crippen molar-refractivity contribution in [3.63, 3.8) is 0 Å². The van der Waals surface area contributed by atoms with Gasteiger partial charge in [0.1, 0.15) is 0 Å². The van der Waals surface area contributed by atoms with E-state index in [1.54, 1.807) is 0 Å². The van der Waals surface area contributed by atoms with E-state index in [0.717, 1.165) is 17.7 Å². The number of methoxy groups -OCH3 is 1. The number of aromatic hydroxyl groups is 1. The summed E-state index contributed by atoms with van der Waals surface area (Å²) in [4.78, 5) is 12.4. The number of thiophene rings is 1. The number of hydrogen-bond acceptors (Lipinski definition) is 5. The Morgan fingerprint density at radius 3 is 2.50 bits per heavy atom. The Morgan fingerprint density at radius 1 is 1.50 bits per heavy atom. The number of nitrogens with two attached hydrogens (primary N) is 1. The molecule has 0 aliphatic rings. The quantitative estimate of drug-likeness (QED) is 0.797. The lowest BCUT2D eigenvalue weighted by Crippen LogP contribution is -1.98. The summed E-state index contributed by atoms with van der Waals surface area (Å²) >= 11 is 1.23. The third-order valence-electron chi connectivity index (χ3n) is 2.67. The fraction of sp³-hybridized carbons (Fsp3) is 0.545.